The minimum Gasteiger partial charge on any atom is -0.338 e. The van der Waals surface area contributed by atoms with Crippen molar-refractivity contribution < 1.29 is 13.2 Å². The predicted octanol–water partition coefficient (Wildman–Crippen LogP) is 5.66. The van der Waals surface area contributed by atoms with Gasteiger partial charge in [0.2, 0.25) is 0 Å². The van der Waals surface area contributed by atoms with E-state index in [4.69, 9.17) is 11.6 Å². The molecule has 0 aliphatic heterocycles. The smallest absolute Gasteiger partial charge is 0.338 e. The van der Waals surface area contributed by atoms with E-state index < -0.39 is 11.7 Å². The molecule has 0 saturated carbocycles. The molecule has 2 aromatic carbocycles. The van der Waals surface area contributed by atoms with Crippen LogP contribution in [0.4, 0.5) is 13.2 Å². The molecule has 2 nitrogen and oxygen atoms in total. The minimum absolute atomic E-state index is 0.339. The Balaban J connectivity index is 2.10. The molecule has 0 atom stereocenters. The number of nitrogens with one attached hydrogen (secondary N) is 1. The van der Waals surface area contributed by atoms with Crippen LogP contribution in [0.3, 0.4) is 0 Å². The number of hydrogen-bond acceptors (Lipinski definition) is 1. The largest absolute Gasteiger partial charge is 0.416 e. The predicted molar refractivity (Wildman–Crippen MR) is 79.2 cm³/mol. The van der Waals surface area contributed by atoms with E-state index in [2.05, 4.69) is 25.9 Å². The number of rotatable bonds is 1. The van der Waals surface area contributed by atoms with Crippen LogP contribution in [0.1, 0.15) is 5.56 Å². The first-order chi connectivity index (χ1) is 9.84. The molecule has 3 aromatic rings. The molecule has 0 unspecified atom stereocenters. The lowest BCUT2D eigenvalue weighted by atomic mass is 10.2. The van der Waals surface area contributed by atoms with Crippen molar-refractivity contribution in [2.75, 3.05) is 0 Å². The van der Waals surface area contributed by atoms with Crippen LogP contribution in [0, 0.1) is 0 Å². The standard InChI is InChI=1S/C14H7BrClF3N2/c15-9-5-7(1-3-10(9)16)13-20-11-4-2-8(14(17,18)19)6-12(11)21-13/h1-6H,(H,20,21). The summed E-state index contributed by atoms with van der Waals surface area (Å²) in [6, 6.07) is 8.61. The topological polar surface area (TPSA) is 28.7 Å². The fourth-order valence-corrected chi connectivity index (χ4v) is 2.46. The second-order valence-electron chi connectivity index (χ2n) is 4.44. The van der Waals surface area contributed by atoms with Gasteiger partial charge in [0.25, 0.3) is 0 Å². The van der Waals surface area contributed by atoms with Crippen LogP contribution < -0.4 is 0 Å². The van der Waals surface area contributed by atoms with Crippen LogP contribution in [0.5, 0.6) is 0 Å². The molecule has 0 aliphatic carbocycles. The van der Waals surface area contributed by atoms with Gasteiger partial charge in [0.15, 0.2) is 0 Å². The quantitative estimate of drug-likeness (QED) is 0.584. The van der Waals surface area contributed by atoms with Crippen molar-refractivity contribution in [1.82, 2.24) is 9.97 Å². The third-order valence-electron chi connectivity index (χ3n) is 3.00. The Hall–Kier alpha value is -1.53. The van der Waals surface area contributed by atoms with Crippen LogP contribution >= 0.6 is 27.5 Å². The van der Waals surface area contributed by atoms with Crippen molar-refractivity contribution in [2.45, 2.75) is 6.18 Å². The number of hydrogen-bond donors (Lipinski definition) is 1. The molecular formula is C14H7BrClF3N2. The number of benzene rings is 2. The molecule has 0 fully saturated rings. The summed E-state index contributed by atoms with van der Waals surface area (Å²) in [4.78, 5) is 7.19. The van der Waals surface area contributed by atoms with Gasteiger partial charge in [-0.05, 0) is 52.3 Å². The zero-order valence-electron chi connectivity index (χ0n) is 10.3. The Bertz CT molecular complexity index is 827. The SMILES string of the molecule is FC(F)(F)c1ccc2nc(-c3ccc(Cl)c(Br)c3)[nH]c2c1. The number of aromatic amines is 1. The van der Waals surface area contributed by atoms with Gasteiger partial charge in [-0.2, -0.15) is 13.2 Å². The molecule has 21 heavy (non-hydrogen) atoms. The maximum atomic E-state index is 12.7. The average Bonchev–Trinajstić information content (AvgIpc) is 2.83. The highest BCUT2D eigenvalue weighted by atomic mass is 79.9. The highest BCUT2D eigenvalue weighted by Crippen LogP contribution is 2.32. The number of H-pyrrole nitrogens is 1. The van der Waals surface area contributed by atoms with E-state index >= 15 is 0 Å². The Morgan fingerprint density at radius 1 is 1.10 bits per heavy atom. The lowest BCUT2D eigenvalue weighted by Gasteiger charge is -2.05. The number of fused-ring (bicyclic) bond motifs is 1. The van der Waals surface area contributed by atoms with Gasteiger partial charge in [-0.1, -0.05) is 11.6 Å². The molecular weight excluding hydrogens is 369 g/mol. The molecule has 0 aliphatic rings. The van der Waals surface area contributed by atoms with E-state index in [9.17, 15) is 13.2 Å². The molecule has 1 N–H and O–H groups in total. The van der Waals surface area contributed by atoms with Crippen LogP contribution in [-0.2, 0) is 6.18 Å². The molecule has 108 valence electrons. The van der Waals surface area contributed by atoms with E-state index in [1.165, 1.54) is 6.07 Å². The van der Waals surface area contributed by atoms with Crippen molar-refractivity contribution in [3.63, 3.8) is 0 Å². The van der Waals surface area contributed by atoms with Crippen LogP contribution in [0.2, 0.25) is 5.02 Å². The fourth-order valence-electron chi connectivity index (χ4n) is 1.97. The average molecular weight is 376 g/mol. The van der Waals surface area contributed by atoms with E-state index in [-0.39, 0.29) is 0 Å². The van der Waals surface area contributed by atoms with Crippen LogP contribution in [-0.4, -0.2) is 9.97 Å². The van der Waals surface area contributed by atoms with Gasteiger partial charge in [-0.25, -0.2) is 4.98 Å². The first-order valence-electron chi connectivity index (χ1n) is 5.87. The molecule has 0 amide bonds. The summed E-state index contributed by atoms with van der Waals surface area (Å²) in [6.07, 6.45) is -4.37. The normalized spacial score (nSPS) is 12.0. The van der Waals surface area contributed by atoms with Crippen molar-refractivity contribution in [3.8, 4) is 11.4 Å². The number of nitrogens with zero attached hydrogens (tertiary/aromatic N) is 1. The molecule has 1 aromatic heterocycles. The second-order valence-corrected chi connectivity index (χ2v) is 5.71. The summed E-state index contributed by atoms with van der Waals surface area (Å²) >= 11 is 9.22. The molecule has 0 bridgehead atoms. The Labute approximate surface area is 131 Å². The summed E-state index contributed by atoms with van der Waals surface area (Å²) in [5.41, 5.74) is 0.841. The molecule has 1 heterocycles. The Morgan fingerprint density at radius 2 is 1.86 bits per heavy atom. The van der Waals surface area contributed by atoms with Crippen LogP contribution in [0.25, 0.3) is 22.4 Å². The van der Waals surface area contributed by atoms with E-state index in [1.54, 1.807) is 18.2 Å². The fraction of sp³-hybridized carbons (Fsp3) is 0.0714. The van der Waals surface area contributed by atoms with Gasteiger partial charge in [0, 0.05) is 10.0 Å². The number of alkyl halides is 3. The first-order valence-corrected chi connectivity index (χ1v) is 7.04. The molecule has 3 rings (SSSR count). The van der Waals surface area contributed by atoms with Crippen LogP contribution in [0.15, 0.2) is 40.9 Å². The van der Waals surface area contributed by atoms with Gasteiger partial charge in [0.1, 0.15) is 5.82 Å². The molecule has 0 saturated heterocycles. The van der Waals surface area contributed by atoms with E-state index in [1.807, 2.05) is 0 Å². The van der Waals surface area contributed by atoms with Gasteiger partial charge >= 0.3 is 6.18 Å². The maximum Gasteiger partial charge on any atom is 0.416 e. The molecule has 7 heteroatoms. The zero-order chi connectivity index (χ0) is 15.2. The van der Waals surface area contributed by atoms with Crippen molar-refractivity contribution in [1.29, 1.82) is 0 Å². The third kappa shape index (κ3) is 2.78. The Kier molecular flexibility index (Phi) is 3.45. The van der Waals surface area contributed by atoms with Gasteiger partial charge in [-0.15, -0.1) is 0 Å². The van der Waals surface area contributed by atoms with Crippen molar-refractivity contribution in [3.05, 3.63) is 51.5 Å². The second kappa shape index (κ2) is 5.03. The summed E-state index contributed by atoms with van der Waals surface area (Å²) in [5, 5.41) is 0.550. The lowest BCUT2D eigenvalue weighted by molar-refractivity contribution is -0.137. The third-order valence-corrected chi connectivity index (χ3v) is 4.22. The highest BCUT2D eigenvalue weighted by molar-refractivity contribution is 9.10. The lowest BCUT2D eigenvalue weighted by Crippen LogP contribution is -2.04. The van der Waals surface area contributed by atoms with Crippen molar-refractivity contribution in [2.24, 2.45) is 0 Å². The molecule has 0 radical (unpaired) electrons. The Morgan fingerprint density at radius 3 is 2.52 bits per heavy atom. The maximum absolute atomic E-state index is 12.7. The number of aromatic nitrogens is 2. The zero-order valence-corrected chi connectivity index (χ0v) is 12.6. The minimum atomic E-state index is -4.37. The van der Waals surface area contributed by atoms with E-state index in [0.717, 1.165) is 17.7 Å². The van der Waals surface area contributed by atoms with Gasteiger partial charge in [0.05, 0.1) is 21.6 Å². The van der Waals surface area contributed by atoms with Crippen molar-refractivity contribution >= 4 is 38.6 Å². The monoisotopic (exact) mass is 374 g/mol. The van der Waals surface area contributed by atoms with Gasteiger partial charge < -0.3 is 4.98 Å². The summed E-state index contributed by atoms with van der Waals surface area (Å²) in [6.45, 7) is 0. The van der Waals surface area contributed by atoms with E-state index in [0.29, 0.717) is 26.4 Å². The van der Waals surface area contributed by atoms with Gasteiger partial charge in [-0.3, -0.25) is 0 Å². The number of halogens is 5. The summed E-state index contributed by atoms with van der Waals surface area (Å²) in [7, 11) is 0. The molecule has 0 spiro atoms. The first kappa shape index (κ1) is 14.4. The number of imidazole rings is 1. The highest BCUT2D eigenvalue weighted by Gasteiger charge is 2.30. The summed E-state index contributed by atoms with van der Waals surface area (Å²) < 4.78 is 38.8. The summed E-state index contributed by atoms with van der Waals surface area (Å²) in [5.74, 6) is 0.488.